The van der Waals surface area contributed by atoms with Crippen molar-refractivity contribution in [3.8, 4) is 0 Å². The maximum Gasteiger partial charge on any atom is 0.196 e. The number of hydrogen-bond acceptors (Lipinski definition) is 7. The number of fused-ring (bicyclic) bond motifs is 2. The Labute approximate surface area is 123 Å². The zero-order chi connectivity index (χ0) is 15.1. The third kappa shape index (κ3) is 1.90. The summed E-state index contributed by atoms with van der Waals surface area (Å²) in [5.74, 6) is -0.712. The van der Waals surface area contributed by atoms with Crippen molar-refractivity contribution < 1.29 is 19.2 Å². The number of nitrogen functional groups attached to an aromatic ring is 2. The van der Waals surface area contributed by atoms with Crippen molar-refractivity contribution in [2.24, 2.45) is 0 Å². The van der Waals surface area contributed by atoms with Gasteiger partial charge in [0.05, 0.1) is 33.8 Å². The first-order chi connectivity index (χ1) is 10.1. The highest BCUT2D eigenvalue weighted by Crippen LogP contribution is 2.39. The Hall–Kier alpha value is -2.35. The molecule has 0 aliphatic heterocycles. The zero-order valence-electron chi connectivity index (χ0n) is 10.6. The van der Waals surface area contributed by atoms with Crippen LogP contribution in [0.1, 0.15) is 31.8 Å². The highest BCUT2D eigenvalue weighted by atomic mass is 32.2. The van der Waals surface area contributed by atoms with Crippen LogP contribution in [0.3, 0.4) is 0 Å². The summed E-state index contributed by atoms with van der Waals surface area (Å²) in [6.45, 7) is 0. The van der Waals surface area contributed by atoms with Crippen LogP contribution >= 0.6 is 12.0 Å². The van der Waals surface area contributed by atoms with E-state index in [0.29, 0.717) is 17.6 Å². The van der Waals surface area contributed by atoms with Crippen LogP contribution in [0.5, 0.6) is 0 Å². The van der Waals surface area contributed by atoms with E-state index >= 15 is 0 Å². The van der Waals surface area contributed by atoms with Crippen LogP contribution in [0.2, 0.25) is 0 Å². The molecule has 21 heavy (non-hydrogen) atoms. The van der Waals surface area contributed by atoms with E-state index in [9.17, 15) is 9.59 Å². The Kier molecular flexibility index (Phi) is 3.17. The van der Waals surface area contributed by atoms with E-state index in [1.54, 1.807) is 24.3 Å². The molecular weight excluding hydrogens is 292 g/mol. The van der Waals surface area contributed by atoms with E-state index in [0.717, 1.165) is 0 Å². The highest BCUT2D eigenvalue weighted by molar-refractivity contribution is 7.94. The molecule has 0 saturated carbocycles. The lowest BCUT2D eigenvalue weighted by atomic mass is 9.82. The van der Waals surface area contributed by atoms with Crippen LogP contribution in [0, 0.1) is 0 Å². The van der Waals surface area contributed by atoms with Gasteiger partial charge in [0.2, 0.25) is 0 Å². The maximum atomic E-state index is 12.6. The van der Waals surface area contributed by atoms with Crippen LogP contribution in [-0.4, -0.2) is 16.8 Å². The van der Waals surface area contributed by atoms with Gasteiger partial charge in [0.1, 0.15) is 0 Å². The summed E-state index contributed by atoms with van der Waals surface area (Å²) >= 11 is 0.560. The van der Waals surface area contributed by atoms with Gasteiger partial charge >= 0.3 is 0 Å². The quantitative estimate of drug-likeness (QED) is 0.287. The Balaban J connectivity index is 2.32. The van der Waals surface area contributed by atoms with Gasteiger partial charge < -0.3 is 11.5 Å². The molecule has 1 aliphatic rings. The number of carbonyl (C=O) groups excluding carboxylic acids is 2. The van der Waals surface area contributed by atoms with Crippen molar-refractivity contribution in [1.29, 1.82) is 0 Å². The van der Waals surface area contributed by atoms with Gasteiger partial charge in [0.15, 0.2) is 11.6 Å². The van der Waals surface area contributed by atoms with Gasteiger partial charge in [-0.05, 0) is 6.07 Å². The molecule has 2 aromatic rings. The molecule has 3 rings (SSSR count). The van der Waals surface area contributed by atoms with E-state index < -0.39 is 0 Å². The molecule has 0 amide bonds. The fourth-order valence-corrected chi connectivity index (χ4v) is 2.88. The molecule has 0 bridgehead atoms. The lowest BCUT2D eigenvalue weighted by Gasteiger charge is -2.21. The average Bonchev–Trinajstić information content (AvgIpc) is 2.48. The molecule has 106 valence electrons. The molecule has 5 N–H and O–H groups in total. The molecule has 0 heterocycles. The second kappa shape index (κ2) is 4.88. The van der Waals surface area contributed by atoms with Gasteiger partial charge in [-0.2, -0.15) is 4.33 Å². The fourth-order valence-electron chi connectivity index (χ4n) is 2.43. The minimum absolute atomic E-state index is 0.0539. The number of anilines is 2. The highest BCUT2D eigenvalue weighted by Gasteiger charge is 2.34. The summed E-state index contributed by atoms with van der Waals surface area (Å²) in [5.41, 5.74) is 12.7. The molecule has 0 spiro atoms. The second-order valence-corrected chi connectivity index (χ2v) is 5.24. The molecule has 1 aliphatic carbocycles. The number of hydrogen-bond donors (Lipinski definition) is 3. The fraction of sp³-hybridized carbons (Fsp3) is 0. The SMILES string of the molecule is Nc1cc(SOO)c(N)c2c1C(=O)c1ccccc1C2=O. The van der Waals surface area contributed by atoms with Crippen molar-refractivity contribution in [3.05, 3.63) is 52.6 Å². The van der Waals surface area contributed by atoms with E-state index in [1.807, 2.05) is 0 Å². The summed E-state index contributed by atoms with van der Waals surface area (Å²) in [6.07, 6.45) is 0. The van der Waals surface area contributed by atoms with Crippen molar-refractivity contribution in [2.45, 2.75) is 4.90 Å². The normalized spacial score (nSPS) is 13.0. The van der Waals surface area contributed by atoms with E-state index in [-0.39, 0.29) is 44.5 Å². The smallest absolute Gasteiger partial charge is 0.196 e. The second-order valence-electron chi connectivity index (χ2n) is 4.49. The van der Waals surface area contributed by atoms with Crippen LogP contribution in [0.15, 0.2) is 35.2 Å². The van der Waals surface area contributed by atoms with Crippen molar-refractivity contribution in [2.75, 3.05) is 11.5 Å². The van der Waals surface area contributed by atoms with E-state index in [1.165, 1.54) is 6.07 Å². The third-order valence-electron chi connectivity index (χ3n) is 3.36. The van der Waals surface area contributed by atoms with Crippen molar-refractivity contribution >= 4 is 35.0 Å². The number of carbonyl (C=O) groups is 2. The minimum atomic E-state index is -0.371. The number of ketones is 2. The van der Waals surface area contributed by atoms with Gasteiger partial charge in [-0.25, -0.2) is 5.26 Å². The predicted molar refractivity (Wildman–Crippen MR) is 78.1 cm³/mol. The van der Waals surface area contributed by atoms with Crippen molar-refractivity contribution in [1.82, 2.24) is 0 Å². The molecule has 0 unspecified atom stereocenters. The summed E-state index contributed by atoms with van der Waals surface area (Å²) in [6, 6.07) is 7.89. The first-order valence-electron chi connectivity index (χ1n) is 5.94. The zero-order valence-corrected chi connectivity index (χ0v) is 11.4. The van der Waals surface area contributed by atoms with E-state index in [2.05, 4.69) is 4.33 Å². The van der Waals surface area contributed by atoms with Crippen LogP contribution < -0.4 is 11.5 Å². The minimum Gasteiger partial charge on any atom is -0.398 e. The average molecular weight is 302 g/mol. The molecule has 7 heteroatoms. The number of rotatable bonds is 2. The lowest BCUT2D eigenvalue weighted by Crippen LogP contribution is -2.24. The largest absolute Gasteiger partial charge is 0.398 e. The number of nitrogens with two attached hydrogens (primary N) is 2. The van der Waals surface area contributed by atoms with Crippen molar-refractivity contribution in [3.63, 3.8) is 0 Å². The topological polar surface area (TPSA) is 116 Å². The van der Waals surface area contributed by atoms with Gasteiger partial charge in [0, 0.05) is 16.8 Å². The summed E-state index contributed by atoms with van der Waals surface area (Å²) in [5, 5.41) is 8.53. The first kappa shape index (κ1) is 13.6. The Morgan fingerprint density at radius 2 is 1.57 bits per heavy atom. The van der Waals surface area contributed by atoms with Crippen LogP contribution in [0.4, 0.5) is 11.4 Å². The molecule has 0 aromatic heterocycles. The Morgan fingerprint density at radius 1 is 1.00 bits per heavy atom. The van der Waals surface area contributed by atoms with Gasteiger partial charge in [-0.15, -0.1) is 0 Å². The molecular formula is C14H10N2O4S. The van der Waals surface area contributed by atoms with Gasteiger partial charge in [0.25, 0.3) is 0 Å². The summed E-state index contributed by atoms with van der Waals surface area (Å²) in [7, 11) is 0. The number of benzene rings is 2. The predicted octanol–water partition coefficient (Wildman–Crippen LogP) is 2.12. The standard InChI is InChI=1S/C14H10N2O4S/c15-8-5-9(21-20-19)12(16)11-10(8)13(17)6-3-1-2-4-7(6)14(11)18/h1-5,19H,15-16H2. The molecule has 0 fully saturated rings. The molecule has 0 atom stereocenters. The first-order valence-corrected chi connectivity index (χ1v) is 6.69. The third-order valence-corrected chi connectivity index (χ3v) is 3.95. The van der Waals surface area contributed by atoms with Gasteiger partial charge in [-0.1, -0.05) is 24.3 Å². The maximum absolute atomic E-state index is 12.6. The monoisotopic (exact) mass is 302 g/mol. The molecule has 0 radical (unpaired) electrons. The Bertz CT molecular complexity index is 789. The van der Waals surface area contributed by atoms with Crippen LogP contribution in [0.25, 0.3) is 0 Å². The van der Waals surface area contributed by atoms with Gasteiger partial charge in [-0.3, -0.25) is 9.59 Å². The van der Waals surface area contributed by atoms with Crippen LogP contribution in [-0.2, 0) is 4.33 Å². The van der Waals surface area contributed by atoms with E-state index in [4.69, 9.17) is 16.7 Å². The molecule has 6 nitrogen and oxygen atoms in total. The lowest BCUT2D eigenvalue weighted by molar-refractivity contribution is -0.116. The molecule has 2 aromatic carbocycles. The Morgan fingerprint density at radius 3 is 2.14 bits per heavy atom. The summed E-state index contributed by atoms with van der Waals surface area (Å²) < 4.78 is 3.97. The summed E-state index contributed by atoms with van der Waals surface area (Å²) in [4.78, 5) is 25.4. The molecule has 0 saturated heterocycles.